The summed E-state index contributed by atoms with van der Waals surface area (Å²) in [7, 11) is -0.715. The van der Waals surface area contributed by atoms with Crippen LogP contribution in [-0.4, -0.2) is 22.6 Å². The molecule has 0 unspecified atom stereocenters. The molecule has 0 saturated heterocycles. The first kappa shape index (κ1) is 21.0. The van der Waals surface area contributed by atoms with Crippen LogP contribution in [0.5, 0.6) is 11.5 Å². The number of nitrogens with zero attached hydrogens (tertiary/aromatic N) is 1. The molecule has 0 N–H and O–H groups in total. The number of hydrogen-bond donors (Lipinski definition) is 0. The van der Waals surface area contributed by atoms with Gasteiger partial charge in [0.05, 0.1) is 31.3 Å². The Labute approximate surface area is 176 Å². The van der Waals surface area contributed by atoms with Gasteiger partial charge in [0.1, 0.15) is 11.5 Å². The van der Waals surface area contributed by atoms with E-state index in [1.54, 1.807) is 56.7 Å². The predicted molar refractivity (Wildman–Crippen MR) is 116 cm³/mol. The molecule has 7 heteroatoms. The highest BCUT2D eigenvalue weighted by Gasteiger charge is 2.25. The van der Waals surface area contributed by atoms with Gasteiger partial charge in [0.15, 0.2) is 0 Å². The average molecular weight is 432 g/mol. The minimum Gasteiger partial charge on any atom is -0.497 e. The number of methoxy groups -OCH3 is 2. The van der Waals surface area contributed by atoms with Crippen LogP contribution in [0, 0.1) is 6.92 Å². The molecule has 3 aromatic rings. The second kappa shape index (κ2) is 8.76. The van der Waals surface area contributed by atoms with Gasteiger partial charge in [-0.25, -0.2) is 8.42 Å². The number of ether oxygens (including phenoxy) is 2. The van der Waals surface area contributed by atoms with Crippen LogP contribution in [0.25, 0.3) is 0 Å². The minimum atomic E-state index is -3.83. The van der Waals surface area contributed by atoms with Crippen LogP contribution >= 0.6 is 11.6 Å². The van der Waals surface area contributed by atoms with E-state index in [1.165, 1.54) is 16.4 Å². The zero-order chi connectivity index (χ0) is 21.0. The van der Waals surface area contributed by atoms with Crippen molar-refractivity contribution >= 4 is 27.3 Å². The lowest BCUT2D eigenvalue weighted by Gasteiger charge is -2.25. The lowest BCUT2D eigenvalue weighted by Crippen LogP contribution is -2.30. The van der Waals surface area contributed by atoms with Crippen LogP contribution in [0.4, 0.5) is 5.69 Å². The standard InChI is InChI=1S/C22H22ClNO4S/c1-16-4-8-19(9-5-16)24(29(25,26)22-10-6-18(23)7-11-22)15-17-12-20(27-2)14-21(13-17)28-3/h4-14H,15H2,1-3H3. The van der Waals surface area contributed by atoms with E-state index in [0.717, 1.165) is 11.1 Å². The predicted octanol–water partition coefficient (Wildman–Crippen LogP) is 5.06. The fourth-order valence-electron chi connectivity index (χ4n) is 2.88. The first-order chi connectivity index (χ1) is 13.8. The van der Waals surface area contributed by atoms with E-state index in [-0.39, 0.29) is 11.4 Å². The second-order valence-corrected chi connectivity index (χ2v) is 8.82. The molecule has 0 saturated carbocycles. The van der Waals surface area contributed by atoms with Gasteiger partial charge in [0.2, 0.25) is 0 Å². The van der Waals surface area contributed by atoms with Gasteiger partial charge >= 0.3 is 0 Å². The maximum atomic E-state index is 13.5. The average Bonchev–Trinajstić information content (AvgIpc) is 2.72. The van der Waals surface area contributed by atoms with Gasteiger partial charge < -0.3 is 9.47 Å². The number of hydrogen-bond acceptors (Lipinski definition) is 4. The van der Waals surface area contributed by atoms with Gasteiger partial charge in [-0.2, -0.15) is 0 Å². The molecule has 0 bridgehead atoms. The quantitative estimate of drug-likeness (QED) is 0.524. The fourth-order valence-corrected chi connectivity index (χ4v) is 4.46. The summed E-state index contributed by atoms with van der Waals surface area (Å²) in [6.45, 7) is 2.07. The Balaban J connectivity index is 2.09. The van der Waals surface area contributed by atoms with E-state index < -0.39 is 10.0 Å². The molecule has 0 radical (unpaired) electrons. The van der Waals surface area contributed by atoms with Crippen LogP contribution in [0.1, 0.15) is 11.1 Å². The lowest BCUT2D eigenvalue weighted by atomic mass is 10.2. The summed E-state index contributed by atoms with van der Waals surface area (Å²) in [5.74, 6) is 1.18. The van der Waals surface area contributed by atoms with Crippen molar-refractivity contribution in [1.29, 1.82) is 0 Å². The molecule has 0 aliphatic heterocycles. The van der Waals surface area contributed by atoms with E-state index >= 15 is 0 Å². The van der Waals surface area contributed by atoms with Gasteiger partial charge in [-0.1, -0.05) is 29.3 Å². The van der Waals surface area contributed by atoms with Crippen LogP contribution in [0.15, 0.2) is 71.6 Å². The van der Waals surface area contributed by atoms with Gasteiger partial charge in [-0.15, -0.1) is 0 Å². The van der Waals surface area contributed by atoms with Crippen molar-refractivity contribution in [3.63, 3.8) is 0 Å². The molecular formula is C22H22ClNO4S. The van der Waals surface area contributed by atoms with E-state index in [0.29, 0.717) is 22.2 Å². The third-order valence-electron chi connectivity index (χ3n) is 4.46. The Bertz CT molecular complexity index is 1060. The van der Waals surface area contributed by atoms with Gasteiger partial charge in [-0.3, -0.25) is 4.31 Å². The molecule has 0 fully saturated rings. The van der Waals surface area contributed by atoms with Crippen molar-refractivity contribution in [1.82, 2.24) is 0 Å². The first-order valence-electron chi connectivity index (χ1n) is 8.90. The Hall–Kier alpha value is -2.70. The molecule has 5 nitrogen and oxygen atoms in total. The van der Waals surface area contributed by atoms with Crippen LogP contribution in [0.2, 0.25) is 5.02 Å². The highest BCUT2D eigenvalue weighted by atomic mass is 35.5. The Morgan fingerprint density at radius 1 is 0.862 bits per heavy atom. The molecule has 29 heavy (non-hydrogen) atoms. The van der Waals surface area contributed by atoms with Crippen molar-refractivity contribution in [2.75, 3.05) is 18.5 Å². The molecular weight excluding hydrogens is 410 g/mol. The number of sulfonamides is 1. The monoisotopic (exact) mass is 431 g/mol. The molecule has 3 rings (SSSR count). The normalized spacial score (nSPS) is 11.2. The molecule has 0 heterocycles. The second-order valence-electron chi connectivity index (χ2n) is 6.52. The van der Waals surface area contributed by atoms with E-state index in [9.17, 15) is 8.42 Å². The van der Waals surface area contributed by atoms with E-state index in [1.807, 2.05) is 19.1 Å². The molecule has 3 aromatic carbocycles. The van der Waals surface area contributed by atoms with Crippen LogP contribution in [-0.2, 0) is 16.6 Å². The van der Waals surface area contributed by atoms with Gasteiger partial charge in [-0.05, 0) is 61.0 Å². The van der Waals surface area contributed by atoms with E-state index in [2.05, 4.69) is 0 Å². The smallest absolute Gasteiger partial charge is 0.264 e. The number of anilines is 1. The highest BCUT2D eigenvalue weighted by Crippen LogP contribution is 2.30. The molecule has 0 aromatic heterocycles. The summed E-state index contributed by atoms with van der Waals surface area (Å²) in [6.07, 6.45) is 0. The summed E-state index contributed by atoms with van der Waals surface area (Å²) >= 11 is 5.94. The minimum absolute atomic E-state index is 0.113. The SMILES string of the molecule is COc1cc(CN(c2ccc(C)cc2)S(=O)(=O)c2ccc(Cl)cc2)cc(OC)c1. The Kier molecular flexibility index (Phi) is 6.35. The van der Waals surface area contributed by atoms with Gasteiger partial charge in [0, 0.05) is 11.1 Å². The number of rotatable bonds is 7. The van der Waals surface area contributed by atoms with Crippen molar-refractivity contribution in [2.24, 2.45) is 0 Å². The molecule has 0 aliphatic rings. The summed E-state index contributed by atoms with van der Waals surface area (Å²) in [6, 6.07) is 18.8. The molecule has 0 spiro atoms. The zero-order valence-corrected chi connectivity index (χ0v) is 18.0. The third-order valence-corrected chi connectivity index (χ3v) is 6.50. The molecule has 152 valence electrons. The summed E-state index contributed by atoms with van der Waals surface area (Å²) in [4.78, 5) is 0.164. The third kappa shape index (κ3) is 4.83. The van der Waals surface area contributed by atoms with Crippen molar-refractivity contribution in [3.05, 3.63) is 82.9 Å². The molecule has 0 atom stereocenters. The number of benzene rings is 3. The summed E-state index contributed by atoms with van der Waals surface area (Å²) in [5, 5.41) is 0.475. The Morgan fingerprint density at radius 3 is 1.93 bits per heavy atom. The number of aryl methyl sites for hydroxylation is 1. The van der Waals surface area contributed by atoms with E-state index in [4.69, 9.17) is 21.1 Å². The summed E-state index contributed by atoms with van der Waals surface area (Å²) < 4.78 is 38.9. The van der Waals surface area contributed by atoms with Crippen LogP contribution < -0.4 is 13.8 Å². The van der Waals surface area contributed by atoms with Crippen molar-refractivity contribution in [2.45, 2.75) is 18.4 Å². The fraction of sp³-hybridized carbons (Fsp3) is 0.182. The van der Waals surface area contributed by atoms with Gasteiger partial charge in [0.25, 0.3) is 10.0 Å². The topological polar surface area (TPSA) is 55.8 Å². The zero-order valence-electron chi connectivity index (χ0n) is 16.4. The first-order valence-corrected chi connectivity index (χ1v) is 10.7. The van der Waals surface area contributed by atoms with Crippen molar-refractivity contribution in [3.8, 4) is 11.5 Å². The summed E-state index contributed by atoms with van der Waals surface area (Å²) in [5.41, 5.74) is 2.34. The van der Waals surface area contributed by atoms with Crippen molar-refractivity contribution < 1.29 is 17.9 Å². The highest BCUT2D eigenvalue weighted by molar-refractivity contribution is 7.92. The maximum absolute atomic E-state index is 13.5. The Morgan fingerprint density at radius 2 is 1.41 bits per heavy atom. The lowest BCUT2D eigenvalue weighted by molar-refractivity contribution is 0.393. The number of halogens is 1. The molecule has 0 aliphatic carbocycles. The van der Waals surface area contributed by atoms with Crippen LogP contribution in [0.3, 0.4) is 0 Å². The largest absolute Gasteiger partial charge is 0.497 e. The molecule has 0 amide bonds. The maximum Gasteiger partial charge on any atom is 0.264 e.